The van der Waals surface area contributed by atoms with Crippen LogP contribution in [-0.4, -0.2) is 24.0 Å². The average Bonchev–Trinajstić information content (AvgIpc) is 2.74. The van der Waals surface area contributed by atoms with Gasteiger partial charge in [0.2, 0.25) is 0 Å². The summed E-state index contributed by atoms with van der Waals surface area (Å²) in [7, 11) is 0. The van der Waals surface area contributed by atoms with Crippen LogP contribution in [0.4, 0.5) is 0 Å². The summed E-state index contributed by atoms with van der Waals surface area (Å²) < 4.78 is 1.21. The van der Waals surface area contributed by atoms with Gasteiger partial charge in [0.05, 0.1) is 3.79 Å². The van der Waals surface area contributed by atoms with Gasteiger partial charge in [0, 0.05) is 30.1 Å². The lowest BCUT2D eigenvalue weighted by Crippen LogP contribution is -2.29. The third kappa shape index (κ3) is 2.44. The van der Waals surface area contributed by atoms with Crippen molar-refractivity contribution < 1.29 is 0 Å². The lowest BCUT2D eigenvalue weighted by molar-refractivity contribution is 0.257. The largest absolute Gasteiger partial charge is 0.326 e. The highest BCUT2D eigenvalue weighted by atomic mass is 79.9. The Morgan fingerprint density at radius 1 is 1.53 bits per heavy atom. The predicted octanol–water partition coefficient (Wildman–Crippen LogP) is 2.85. The molecule has 0 saturated carbocycles. The van der Waals surface area contributed by atoms with Crippen molar-refractivity contribution >= 4 is 27.3 Å². The number of hydrogen-bond donors (Lipinski definition) is 1. The second-order valence-electron chi connectivity index (χ2n) is 4.41. The molecule has 4 heteroatoms. The second kappa shape index (κ2) is 4.53. The van der Waals surface area contributed by atoms with Gasteiger partial charge in [-0.1, -0.05) is 6.92 Å². The molecule has 3 atom stereocenters. The maximum Gasteiger partial charge on any atom is 0.0701 e. The van der Waals surface area contributed by atoms with E-state index in [0.717, 1.165) is 13.1 Å². The van der Waals surface area contributed by atoms with E-state index >= 15 is 0 Å². The van der Waals surface area contributed by atoms with Gasteiger partial charge in [-0.2, -0.15) is 0 Å². The fraction of sp³-hybridized carbons (Fsp3) is 0.636. The van der Waals surface area contributed by atoms with Crippen LogP contribution < -0.4 is 5.73 Å². The molecule has 2 nitrogen and oxygen atoms in total. The Balaban J connectivity index is 2.06. The summed E-state index contributed by atoms with van der Waals surface area (Å²) in [6, 6.07) is 5.16. The van der Waals surface area contributed by atoms with Crippen LogP contribution in [0, 0.1) is 5.92 Å². The van der Waals surface area contributed by atoms with E-state index in [9.17, 15) is 0 Å². The van der Waals surface area contributed by atoms with Crippen molar-refractivity contribution in [3.63, 3.8) is 0 Å². The molecular weight excluding hydrogens is 272 g/mol. The number of rotatable bonds is 2. The van der Waals surface area contributed by atoms with E-state index in [1.165, 1.54) is 8.66 Å². The molecule has 84 valence electrons. The van der Waals surface area contributed by atoms with Crippen LogP contribution in [0.3, 0.4) is 0 Å². The van der Waals surface area contributed by atoms with E-state index in [4.69, 9.17) is 5.73 Å². The maximum absolute atomic E-state index is 6.04. The minimum absolute atomic E-state index is 0.343. The number of halogens is 1. The fourth-order valence-electron chi connectivity index (χ4n) is 2.08. The molecule has 0 spiro atoms. The molecule has 0 amide bonds. The molecule has 1 fully saturated rings. The Kier molecular flexibility index (Phi) is 3.50. The van der Waals surface area contributed by atoms with Gasteiger partial charge < -0.3 is 5.73 Å². The highest BCUT2D eigenvalue weighted by Gasteiger charge is 2.30. The van der Waals surface area contributed by atoms with E-state index in [0.29, 0.717) is 18.0 Å². The third-order valence-corrected chi connectivity index (χ3v) is 5.05. The van der Waals surface area contributed by atoms with E-state index < -0.39 is 0 Å². The number of nitrogens with zero attached hydrogens (tertiary/aromatic N) is 1. The van der Waals surface area contributed by atoms with Crippen LogP contribution in [0.1, 0.15) is 24.8 Å². The van der Waals surface area contributed by atoms with Crippen molar-refractivity contribution in [1.82, 2.24) is 4.90 Å². The molecule has 0 radical (unpaired) electrons. The quantitative estimate of drug-likeness (QED) is 0.907. The molecule has 0 bridgehead atoms. The van der Waals surface area contributed by atoms with Crippen molar-refractivity contribution in [3.05, 3.63) is 20.8 Å². The standard InChI is InChI=1S/C11H17BrN2S/c1-7-5-14(6-9(7)13)8(2)10-3-4-11(12)15-10/h3-4,7-9H,5-6,13H2,1-2H3. The monoisotopic (exact) mass is 288 g/mol. The van der Waals surface area contributed by atoms with Gasteiger partial charge in [0.1, 0.15) is 0 Å². The first kappa shape index (κ1) is 11.6. The van der Waals surface area contributed by atoms with Crippen molar-refractivity contribution in [1.29, 1.82) is 0 Å². The van der Waals surface area contributed by atoms with Crippen LogP contribution >= 0.6 is 27.3 Å². The van der Waals surface area contributed by atoms with Crippen LogP contribution in [0.5, 0.6) is 0 Å². The van der Waals surface area contributed by atoms with E-state index in [2.05, 4.69) is 46.8 Å². The van der Waals surface area contributed by atoms with E-state index in [-0.39, 0.29) is 0 Å². The lowest BCUT2D eigenvalue weighted by Gasteiger charge is -2.22. The minimum atomic E-state index is 0.343. The molecule has 2 heterocycles. The molecule has 1 aliphatic heterocycles. The Labute approximate surface area is 104 Å². The SMILES string of the molecule is CC1CN(C(C)c2ccc(Br)s2)CC1N. The summed E-state index contributed by atoms with van der Waals surface area (Å²) in [6.45, 7) is 6.65. The Hall–Kier alpha value is 0.1000. The number of hydrogen-bond acceptors (Lipinski definition) is 3. The van der Waals surface area contributed by atoms with Gasteiger partial charge in [-0.25, -0.2) is 0 Å². The molecule has 0 aromatic carbocycles. The summed E-state index contributed by atoms with van der Waals surface area (Å²) in [6.07, 6.45) is 0. The first-order chi connectivity index (χ1) is 7.08. The molecule has 1 aromatic heterocycles. The Bertz CT molecular complexity index is 329. The zero-order valence-corrected chi connectivity index (χ0v) is 11.5. The smallest absolute Gasteiger partial charge is 0.0701 e. The molecular formula is C11H17BrN2S. The number of nitrogens with two attached hydrogens (primary N) is 1. The zero-order valence-electron chi connectivity index (χ0n) is 9.11. The van der Waals surface area contributed by atoms with Gasteiger partial charge in [-0.3, -0.25) is 4.90 Å². The molecule has 15 heavy (non-hydrogen) atoms. The average molecular weight is 289 g/mol. The molecule has 2 rings (SSSR count). The molecule has 0 aliphatic carbocycles. The summed E-state index contributed by atoms with van der Waals surface area (Å²) in [5.74, 6) is 0.621. The van der Waals surface area contributed by atoms with Gasteiger partial charge in [-0.05, 0) is 40.9 Å². The van der Waals surface area contributed by atoms with Crippen molar-refractivity contribution in [2.75, 3.05) is 13.1 Å². The molecule has 1 saturated heterocycles. The van der Waals surface area contributed by atoms with Crippen LogP contribution in [0.15, 0.2) is 15.9 Å². The van der Waals surface area contributed by atoms with Gasteiger partial charge in [0.25, 0.3) is 0 Å². The number of thiophene rings is 1. The third-order valence-electron chi connectivity index (χ3n) is 3.25. The number of likely N-dealkylation sites (tertiary alicyclic amines) is 1. The highest BCUT2D eigenvalue weighted by molar-refractivity contribution is 9.11. The van der Waals surface area contributed by atoms with Crippen molar-refractivity contribution in [3.8, 4) is 0 Å². The molecule has 3 unspecified atom stereocenters. The van der Waals surface area contributed by atoms with Gasteiger partial charge >= 0.3 is 0 Å². The van der Waals surface area contributed by atoms with Gasteiger partial charge in [-0.15, -0.1) is 11.3 Å². The van der Waals surface area contributed by atoms with Crippen molar-refractivity contribution in [2.24, 2.45) is 11.7 Å². The predicted molar refractivity (Wildman–Crippen MR) is 69.1 cm³/mol. The van der Waals surface area contributed by atoms with Crippen LogP contribution in [0.2, 0.25) is 0 Å². The van der Waals surface area contributed by atoms with E-state index in [1.54, 1.807) is 0 Å². The maximum atomic E-state index is 6.04. The second-order valence-corrected chi connectivity index (χ2v) is 6.91. The molecule has 2 N–H and O–H groups in total. The first-order valence-electron chi connectivity index (χ1n) is 5.33. The Morgan fingerprint density at radius 3 is 2.73 bits per heavy atom. The highest BCUT2D eigenvalue weighted by Crippen LogP contribution is 2.32. The summed E-state index contributed by atoms with van der Waals surface area (Å²) in [5.41, 5.74) is 6.04. The first-order valence-corrected chi connectivity index (χ1v) is 6.93. The summed E-state index contributed by atoms with van der Waals surface area (Å²) in [4.78, 5) is 3.90. The lowest BCUT2D eigenvalue weighted by atomic mass is 10.1. The topological polar surface area (TPSA) is 29.3 Å². The molecule has 1 aliphatic rings. The minimum Gasteiger partial charge on any atom is -0.326 e. The fourth-order valence-corrected chi connectivity index (χ4v) is 3.59. The van der Waals surface area contributed by atoms with Crippen LogP contribution in [0.25, 0.3) is 0 Å². The van der Waals surface area contributed by atoms with Crippen molar-refractivity contribution in [2.45, 2.75) is 25.9 Å². The molecule has 1 aromatic rings. The normalized spacial score (nSPS) is 29.6. The van der Waals surface area contributed by atoms with Gasteiger partial charge in [0.15, 0.2) is 0 Å². The van der Waals surface area contributed by atoms with Crippen LogP contribution in [-0.2, 0) is 0 Å². The Morgan fingerprint density at radius 2 is 2.27 bits per heavy atom. The summed E-state index contributed by atoms with van der Waals surface area (Å²) in [5, 5.41) is 0. The van der Waals surface area contributed by atoms with E-state index in [1.807, 2.05) is 11.3 Å². The zero-order chi connectivity index (χ0) is 11.0. The summed E-state index contributed by atoms with van der Waals surface area (Å²) >= 11 is 5.33.